The molecule has 0 aromatic heterocycles. The van der Waals surface area contributed by atoms with Gasteiger partial charge < -0.3 is 29.7 Å². The minimum atomic E-state index is -0.943. The molecule has 0 radical (unpaired) electrons. The van der Waals surface area contributed by atoms with E-state index in [1.165, 1.54) is 0 Å². The zero-order valence-electron chi connectivity index (χ0n) is 13.0. The Morgan fingerprint density at radius 3 is 2.14 bits per heavy atom. The quantitative estimate of drug-likeness (QED) is 0.629. The van der Waals surface area contributed by atoms with Crippen molar-refractivity contribution < 1.29 is 24.4 Å². The van der Waals surface area contributed by atoms with Crippen LogP contribution in [0.3, 0.4) is 0 Å². The molecule has 1 rings (SSSR count). The van der Waals surface area contributed by atoms with Crippen molar-refractivity contribution in [2.24, 2.45) is 0 Å². The Balaban J connectivity index is 2.95. The van der Waals surface area contributed by atoms with Gasteiger partial charge in [-0.05, 0) is 17.7 Å². The SMILES string of the molecule is COc1cc(CNC(C)C)cc(OC)c1OCC(O)CO. The molecule has 6 nitrogen and oxygen atoms in total. The Morgan fingerprint density at radius 1 is 1.14 bits per heavy atom. The zero-order valence-corrected chi connectivity index (χ0v) is 13.0. The average Bonchev–Trinajstić information content (AvgIpc) is 2.49. The number of methoxy groups -OCH3 is 2. The van der Waals surface area contributed by atoms with E-state index in [-0.39, 0.29) is 13.2 Å². The van der Waals surface area contributed by atoms with Gasteiger partial charge in [0.1, 0.15) is 12.7 Å². The van der Waals surface area contributed by atoms with Crippen molar-refractivity contribution in [2.45, 2.75) is 32.5 Å². The van der Waals surface area contributed by atoms with Crippen LogP contribution < -0.4 is 19.5 Å². The Kier molecular flexibility index (Phi) is 7.28. The van der Waals surface area contributed by atoms with Crippen LogP contribution in [0.15, 0.2) is 12.1 Å². The predicted octanol–water partition coefficient (Wildman–Crippen LogP) is 0.934. The smallest absolute Gasteiger partial charge is 0.203 e. The molecular weight excluding hydrogens is 274 g/mol. The number of hydrogen-bond acceptors (Lipinski definition) is 6. The predicted molar refractivity (Wildman–Crippen MR) is 80.1 cm³/mol. The van der Waals surface area contributed by atoms with Crippen LogP contribution in [0.25, 0.3) is 0 Å². The lowest BCUT2D eigenvalue weighted by molar-refractivity contribution is 0.0518. The normalized spacial score (nSPS) is 12.3. The van der Waals surface area contributed by atoms with E-state index in [9.17, 15) is 5.11 Å². The van der Waals surface area contributed by atoms with Gasteiger partial charge in [0.2, 0.25) is 5.75 Å². The van der Waals surface area contributed by atoms with Gasteiger partial charge in [-0.1, -0.05) is 13.8 Å². The number of rotatable bonds is 9. The van der Waals surface area contributed by atoms with E-state index < -0.39 is 6.10 Å². The van der Waals surface area contributed by atoms with Crippen molar-refractivity contribution in [3.8, 4) is 17.2 Å². The second-order valence-corrected chi connectivity index (χ2v) is 5.01. The molecule has 1 atom stereocenters. The van der Waals surface area contributed by atoms with E-state index in [0.29, 0.717) is 29.8 Å². The molecule has 0 aliphatic carbocycles. The average molecular weight is 299 g/mol. The molecule has 6 heteroatoms. The Morgan fingerprint density at radius 2 is 1.71 bits per heavy atom. The first-order valence-corrected chi connectivity index (χ1v) is 6.91. The van der Waals surface area contributed by atoms with E-state index in [2.05, 4.69) is 19.2 Å². The van der Waals surface area contributed by atoms with Crippen molar-refractivity contribution in [1.29, 1.82) is 0 Å². The molecule has 0 aliphatic heterocycles. The van der Waals surface area contributed by atoms with Gasteiger partial charge in [-0.2, -0.15) is 0 Å². The number of aliphatic hydroxyl groups is 2. The Hall–Kier alpha value is -1.50. The molecule has 3 N–H and O–H groups in total. The van der Waals surface area contributed by atoms with E-state index >= 15 is 0 Å². The highest BCUT2D eigenvalue weighted by Crippen LogP contribution is 2.38. The first-order chi connectivity index (χ1) is 10.0. The number of nitrogens with one attached hydrogen (secondary N) is 1. The maximum absolute atomic E-state index is 9.38. The van der Waals surface area contributed by atoms with Gasteiger partial charge in [-0.15, -0.1) is 0 Å². The largest absolute Gasteiger partial charge is 0.493 e. The molecular formula is C15H25NO5. The van der Waals surface area contributed by atoms with Crippen molar-refractivity contribution in [3.05, 3.63) is 17.7 Å². The standard InChI is InChI=1S/C15H25NO5/c1-10(2)16-7-11-5-13(19-3)15(14(6-11)20-4)21-9-12(18)8-17/h5-6,10,12,16-18H,7-9H2,1-4H3. The summed E-state index contributed by atoms with van der Waals surface area (Å²) in [7, 11) is 3.09. The molecule has 0 saturated heterocycles. The third-order valence-electron chi connectivity index (χ3n) is 2.87. The molecule has 0 bridgehead atoms. The van der Waals surface area contributed by atoms with Crippen molar-refractivity contribution >= 4 is 0 Å². The number of benzene rings is 1. The van der Waals surface area contributed by atoms with E-state index in [4.69, 9.17) is 19.3 Å². The molecule has 1 unspecified atom stereocenters. The number of hydrogen-bond donors (Lipinski definition) is 3. The first kappa shape index (κ1) is 17.6. The van der Waals surface area contributed by atoms with Crippen LogP contribution in [0, 0.1) is 0 Å². The maximum atomic E-state index is 9.38. The summed E-state index contributed by atoms with van der Waals surface area (Å²) in [5.74, 6) is 1.47. The lowest BCUT2D eigenvalue weighted by Crippen LogP contribution is -2.22. The Labute approximate surface area is 125 Å². The molecule has 21 heavy (non-hydrogen) atoms. The van der Waals surface area contributed by atoms with Crippen LogP contribution in [0.4, 0.5) is 0 Å². The fourth-order valence-corrected chi connectivity index (χ4v) is 1.73. The van der Waals surface area contributed by atoms with Crippen LogP contribution in [0.1, 0.15) is 19.4 Å². The molecule has 120 valence electrons. The van der Waals surface area contributed by atoms with Gasteiger partial charge in [-0.3, -0.25) is 0 Å². The lowest BCUT2D eigenvalue weighted by atomic mass is 10.1. The monoisotopic (exact) mass is 299 g/mol. The van der Waals surface area contributed by atoms with Gasteiger partial charge in [0.05, 0.1) is 20.8 Å². The summed E-state index contributed by atoms with van der Waals surface area (Å²) in [4.78, 5) is 0. The molecule has 0 saturated carbocycles. The van der Waals surface area contributed by atoms with Crippen LogP contribution in [0.2, 0.25) is 0 Å². The van der Waals surface area contributed by atoms with Crippen LogP contribution in [-0.4, -0.2) is 49.8 Å². The molecule has 1 aromatic rings. The summed E-state index contributed by atoms with van der Waals surface area (Å²) in [5, 5.41) is 21.5. The van der Waals surface area contributed by atoms with Crippen molar-refractivity contribution in [2.75, 3.05) is 27.4 Å². The fourth-order valence-electron chi connectivity index (χ4n) is 1.73. The highest BCUT2D eigenvalue weighted by Gasteiger charge is 2.16. The van der Waals surface area contributed by atoms with Gasteiger partial charge in [0.15, 0.2) is 11.5 Å². The summed E-state index contributed by atoms with van der Waals surface area (Å²) in [6.45, 7) is 4.43. The highest BCUT2D eigenvalue weighted by molar-refractivity contribution is 5.53. The highest BCUT2D eigenvalue weighted by atomic mass is 16.5. The third-order valence-corrected chi connectivity index (χ3v) is 2.87. The minimum Gasteiger partial charge on any atom is -0.493 e. The topological polar surface area (TPSA) is 80.2 Å². The first-order valence-electron chi connectivity index (χ1n) is 6.91. The second kappa shape index (κ2) is 8.71. The van der Waals surface area contributed by atoms with Crippen LogP contribution in [0.5, 0.6) is 17.2 Å². The molecule has 1 aromatic carbocycles. The zero-order chi connectivity index (χ0) is 15.8. The molecule has 0 aliphatic rings. The van der Waals surface area contributed by atoms with Crippen LogP contribution in [-0.2, 0) is 6.54 Å². The van der Waals surface area contributed by atoms with Crippen molar-refractivity contribution in [1.82, 2.24) is 5.32 Å². The van der Waals surface area contributed by atoms with Gasteiger partial charge in [0.25, 0.3) is 0 Å². The number of aliphatic hydroxyl groups excluding tert-OH is 2. The summed E-state index contributed by atoms with van der Waals surface area (Å²) in [6, 6.07) is 4.09. The van der Waals surface area contributed by atoms with Gasteiger partial charge >= 0.3 is 0 Å². The molecule has 0 spiro atoms. The number of ether oxygens (including phenoxy) is 3. The van der Waals surface area contributed by atoms with Gasteiger partial charge in [0, 0.05) is 12.6 Å². The van der Waals surface area contributed by atoms with Crippen LogP contribution >= 0.6 is 0 Å². The minimum absolute atomic E-state index is 0.0349. The maximum Gasteiger partial charge on any atom is 0.203 e. The summed E-state index contributed by atoms with van der Waals surface area (Å²) in [6.07, 6.45) is -0.943. The third kappa shape index (κ3) is 5.41. The summed E-state index contributed by atoms with van der Waals surface area (Å²) < 4.78 is 16.2. The summed E-state index contributed by atoms with van der Waals surface area (Å²) >= 11 is 0. The van der Waals surface area contributed by atoms with Crippen molar-refractivity contribution in [3.63, 3.8) is 0 Å². The molecule has 0 fully saturated rings. The lowest BCUT2D eigenvalue weighted by Gasteiger charge is -2.18. The van der Waals surface area contributed by atoms with E-state index in [1.54, 1.807) is 14.2 Å². The van der Waals surface area contributed by atoms with Gasteiger partial charge in [-0.25, -0.2) is 0 Å². The summed E-state index contributed by atoms with van der Waals surface area (Å²) in [5.41, 5.74) is 1.01. The fraction of sp³-hybridized carbons (Fsp3) is 0.600. The Bertz CT molecular complexity index is 411. The molecule has 0 amide bonds. The van der Waals surface area contributed by atoms with E-state index in [0.717, 1.165) is 5.56 Å². The van der Waals surface area contributed by atoms with E-state index in [1.807, 2.05) is 12.1 Å². The molecule has 0 heterocycles. The second-order valence-electron chi connectivity index (χ2n) is 5.01.